The molecule has 2 aliphatic rings. The summed E-state index contributed by atoms with van der Waals surface area (Å²) < 4.78 is 5.72. The van der Waals surface area contributed by atoms with E-state index in [0.29, 0.717) is 13.1 Å². The van der Waals surface area contributed by atoms with E-state index in [1.165, 1.54) is 22.3 Å². The minimum Gasteiger partial charge on any atom is -0.372 e. The summed E-state index contributed by atoms with van der Waals surface area (Å²) in [6, 6.07) is 14.6. The summed E-state index contributed by atoms with van der Waals surface area (Å²) >= 11 is 0. The van der Waals surface area contributed by atoms with Gasteiger partial charge in [0.2, 0.25) is 0 Å². The van der Waals surface area contributed by atoms with E-state index >= 15 is 0 Å². The monoisotopic (exact) mass is 307 g/mol. The molecule has 2 aromatic carbocycles. The lowest BCUT2D eigenvalue weighted by atomic mass is 10.0. The van der Waals surface area contributed by atoms with Crippen molar-refractivity contribution in [2.75, 3.05) is 13.1 Å². The zero-order valence-corrected chi connectivity index (χ0v) is 13.6. The van der Waals surface area contributed by atoms with Gasteiger partial charge in [0.15, 0.2) is 0 Å². The number of hydrogen-bond acceptors (Lipinski definition) is 2. The first-order valence-corrected chi connectivity index (χ1v) is 8.28. The van der Waals surface area contributed by atoms with E-state index in [-0.39, 0.29) is 18.1 Å². The van der Waals surface area contributed by atoms with Gasteiger partial charge in [-0.2, -0.15) is 0 Å². The second-order valence-corrected chi connectivity index (χ2v) is 6.67. The fraction of sp³-hybridized carbons (Fsp3) is 0.350. The Morgan fingerprint density at radius 1 is 1.00 bits per heavy atom. The maximum atomic E-state index is 12.8. The van der Waals surface area contributed by atoms with E-state index in [2.05, 4.69) is 36.4 Å². The maximum Gasteiger partial charge on any atom is 0.254 e. The average Bonchev–Trinajstić information content (AvgIpc) is 2.90. The van der Waals surface area contributed by atoms with Crippen LogP contribution in [0.15, 0.2) is 42.5 Å². The normalized spacial score (nSPS) is 22.6. The summed E-state index contributed by atoms with van der Waals surface area (Å²) in [5, 5.41) is 0. The van der Waals surface area contributed by atoms with E-state index in [9.17, 15) is 4.79 Å². The lowest BCUT2D eigenvalue weighted by Crippen LogP contribution is -2.48. The standard InChI is InChI=1S/C20H21NO2/c1-13-11-21(12-14(2)23-13)20(22)16-7-8-19-17(10-16)9-15-5-3-4-6-18(15)19/h3-8,10,13-14H,9,11-12H2,1-2H3/t13-,14-/m0/s1. The van der Waals surface area contributed by atoms with Gasteiger partial charge >= 0.3 is 0 Å². The molecule has 3 heteroatoms. The van der Waals surface area contributed by atoms with Crippen molar-refractivity contribution in [1.82, 2.24) is 4.90 Å². The summed E-state index contributed by atoms with van der Waals surface area (Å²) in [7, 11) is 0. The minimum atomic E-state index is 0.0985. The Bertz CT molecular complexity index is 758. The molecule has 0 spiro atoms. The first kappa shape index (κ1) is 14.5. The summed E-state index contributed by atoms with van der Waals surface area (Å²) in [4.78, 5) is 14.8. The molecule has 0 saturated carbocycles. The van der Waals surface area contributed by atoms with Crippen molar-refractivity contribution in [3.63, 3.8) is 0 Å². The van der Waals surface area contributed by atoms with Gasteiger partial charge in [0.25, 0.3) is 5.91 Å². The zero-order chi connectivity index (χ0) is 16.0. The van der Waals surface area contributed by atoms with Crippen LogP contribution in [0.2, 0.25) is 0 Å². The molecular formula is C20H21NO2. The predicted molar refractivity (Wildman–Crippen MR) is 90.6 cm³/mol. The highest BCUT2D eigenvalue weighted by atomic mass is 16.5. The molecule has 1 aliphatic heterocycles. The summed E-state index contributed by atoms with van der Waals surface area (Å²) in [6.45, 7) is 5.38. The Kier molecular flexibility index (Phi) is 3.46. The topological polar surface area (TPSA) is 29.5 Å². The molecule has 1 heterocycles. The smallest absolute Gasteiger partial charge is 0.254 e. The largest absolute Gasteiger partial charge is 0.372 e. The second-order valence-electron chi connectivity index (χ2n) is 6.67. The van der Waals surface area contributed by atoms with Gasteiger partial charge in [0.05, 0.1) is 12.2 Å². The van der Waals surface area contributed by atoms with E-state index in [4.69, 9.17) is 4.74 Å². The van der Waals surface area contributed by atoms with Crippen molar-refractivity contribution in [1.29, 1.82) is 0 Å². The number of benzene rings is 2. The van der Waals surface area contributed by atoms with Gasteiger partial charge in [-0.3, -0.25) is 4.79 Å². The molecule has 0 N–H and O–H groups in total. The molecule has 1 aliphatic carbocycles. The number of hydrogen-bond donors (Lipinski definition) is 0. The third kappa shape index (κ3) is 2.55. The van der Waals surface area contributed by atoms with Crippen molar-refractivity contribution in [3.05, 3.63) is 59.2 Å². The first-order chi connectivity index (χ1) is 11.1. The Balaban J connectivity index is 1.62. The van der Waals surface area contributed by atoms with Crippen molar-refractivity contribution in [2.45, 2.75) is 32.5 Å². The molecule has 118 valence electrons. The summed E-state index contributed by atoms with van der Waals surface area (Å²) in [5.74, 6) is 0.116. The lowest BCUT2D eigenvalue weighted by Gasteiger charge is -2.35. The van der Waals surface area contributed by atoms with E-state index in [1.54, 1.807) is 0 Å². The van der Waals surface area contributed by atoms with Crippen LogP contribution < -0.4 is 0 Å². The number of fused-ring (bicyclic) bond motifs is 3. The zero-order valence-electron chi connectivity index (χ0n) is 13.6. The molecule has 1 saturated heterocycles. The van der Waals surface area contributed by atoms with Crippen molar-refractivity contribution in [2.24, 2.45) is 0 Å². The van der Waals surface area contributed by atoms with Crippen LogP contribution in [0.4, 0.5) is 0 Å². The molecule has 4 rings (SSSR count). The molecule has 3 nitrogen and oxygen atoms in total. The molecule has 0 unspecified atom stereocenters. The Morgan fingerprint density at radius 2 is 1.70 bits per heavy atom. The molecule has 0 radical (unpaired) electrons. The van der Waals surface area contributed by atoms with Gasteiger partial charge in [-0.25, -0.2) is 0 Å². The van der Waals surface area contributed by atoms with Gasteiger partial charge in [0.1, 0.15) is 0 Å². The summed E-state index contributed by atoms with van der Waals surface area (Å²) in [6.07, 6.45) is 1.12. The molecule has 23 heavy (non-hydrogen) atoms. The van der Waals surface area contributed by atoms with E-state index in [1.807, 2.05) is 24.8 Å². The molecule has 2 aromatic rings. The second kappa shape index (κ2) is 5.50. The number of carbonyl (C=O) groups excluding carboxylic acids is 1. The third-order valence-electron chi connectivity index (χ3n) is 4.75. The Morgan fingerprint density at radius 3 is 2.48 bits per heavy atom. The van der Waals surface area contributed by atoms with Crippen LogP contribution >= 0.6 is 0 Å². The highest BCUT2D eigenvalue weighted by molar-refractivity contribution is 5.96. The van der Waals surface area contributed by atoms with Crippen LogP contribution in [0.3, 0.4) is 0 Å². The van der Waals surface area contributed by atoms with Gasteiger partial charge in [0, 0.05) is 18.7 Å². The molecule has 2 atom stereocenters. The average molecular weight is 307 g/mol. The third-order valence-corrected chi connectivity index (χ3v) is 4.75. The number of ether oxygens (including phenoxy) is 1. The number of amides is 1. The lowest BCUT2D eigenvalue weighted by molar-refractivity contribution is -0.0586. The van der Waals surface area contributed by atoms with Crippen LogP contribution in [-0.4, -0.2) is 36.1 Å². The van der Waals surface area contributed by atoms with Crippen LogP contribution in [0.5, 0.6) is 0 Å². The van der Waals surface area contributed by atoms with E-state index < -0.39 is 0 Å². The molecule has 0 bridgehead atoms. The number of carbonyl (C=O) groups is 1. The maximum absolute atomic E-state index is 12.8. The fourth-order valence-electron chi connectivity index (χ4n) is 3.80. The number of morpholine rings is 1. The Hall–Kier alpha value is -2.13. The minimum absolute atomic E-state index is 0.0985. The molecular weight excluding hydrogens is 286 g/mol. The van der Waals surface area contributed by atoms with Crippen molar-refractivity contribution < 1.29 is 9.53 Å². The molecule has 1 amide bonds. The van der Waals surface area contributed by atoms with Crippen LogP contribution in [0.1, 0.15) is 35.3 Å². The van der Waals surface area contributed by atoms with Crippen molar-refractivity contribution >= 4 is 5.91 Å². The van der Waals surface area contributed by atoms with Gasteiger partial charge in [-0.15, -0.1) is 0 Å². The fourth-order valence-corrected chi connectivity index (χ4v) is 3.80. The summed E-state index contributed by atoms with van der Waals surface area (Å²) in [5.41, 5.74) is 5.96. The SMILES string of the molecule is C[C@H]1CN(C(=O)c2ccc3c(c2)Cc2ccccc2-3)C[C@H](C)O1. The highest BCUT2D eigenvalue weighted by Crippen LogP contribution is 2.36. The number of rotatable bonds is 1. The quantitative estimate of drug-likeness (QED) is 0.688. The number of nitrogens with zero attached hydrogens (tertiary/aromatic N) is 1. The van der Waals surface area contributed by atoms with Gasteiger partial charge in [-0.05, 0) is 54.7 Å². The Labute approximate surface area is 136 Å². The van der Waals surface area contributed by atoms with Gasteiger partial charge in [-0.1, -0.05) is 30.3 Å². The highest BCUT2D eigenvalue weighted by Gasteiger charge is 2.27. The molecule has 1 fully saturated rings. The van der Waals surface area contributed by atoms with Crippen LogP contribution in [-0.2, 0) is 11.2 Å². The van der Waals surface area contributed by atoms with Gasteiger partial charge < -0.3 is 9.64 Å². The predicted octanol–water partition coefficient (Wildman–Crippen LogP) is 3.51. The van der Waals surface area contributed by atoms with Crippen LogP contribution in [0, 0.1) is 0 Å². The molecule has 0 aromatic heterocycles. The van der Waals surface area contributed by atoms with Crippen molar-refractivity contribution in [3.8, 4) is 11.1 Å². The van der Waals surface area contributed by atoms with Crippen LogP contribution in [0.25, 0.3) is 11.1 Å². The first-order valence-electron chi connectivity index (χ1n) is 8.28. The van der Waals surface area contributed by atoms with E-state index in [0.717, 1.165) is 12.0 Å².